The van der Waals surface area contributed by atoms with Crippen LogP contribution in [0.15, 0.2) is 54.7 Å². The normalized spacial score (nSPS) is 13.2. The molecule has 204 valence electrons. The predicted molar refractivity (Wildman–Crippen MR) is 151 cm³/mol. The van der Waals surface area contributed by atoms with Crippen LogP contribution in [0.5, 0.6) is 5.75 Å². The van der Waals surface area contributed by atoms with E-state index in [1.54, 1.807) is 36.4 Å². The fourth-order valence-electron chi connectivity index (χ4n) is 4.29. The SMILES string of the molecule is C#Cc1ccc(NC(=O)c2cc(Cl)cc(OC)c2NC(=O)c2ccc(C(=N)N3CCC(C(=O)O)CC3)cc2)nc1. The smallest absolute Gasteiger partial charge is 0.306 e. The van der Waals surface area contributed by atoms with Gasteiger partial charge in [0.1, 0.15) is 17.4 Å². The highest BCUT2D eigenvalue weighted by atomic mass is 35.5. The molecule has 2 amide bonds. The molecule has 10 nitrogen and oxygen atoms in total. The summed E-state index contributed by atoms with van der Waals surface area (Å²) in [6.07, 6.45) is 7.74. The Bertz CT molecular complexity index is 1490. The molecule has 4 N–H and O–H groups in total. The summed E-state index contributed by atoms with van der Waals surface area (Å²) in [4.78, 5) is 43.4. The molecule has 11 heteroatoms. The number of likely N-dealkylation sites (tertiary alicyclic amines) is 1. The Labute approximate surface area is 235 Å². The number of benzene rings is 2. The van der Waals surface area contributed by atoms with Gasteiger partial charge >= 0.3 is 5.97 Å². The molecule has 0 spiro atoms. The van der Waals surface area contributed by atoms with Crippen LogP contribution in [0.25, 0.3) is 0 Å². The van der Waals surface area contributed by atoms with Gasteiger partial charge in [0.2, 0.25) is 0 Å². The lowest BCUT2D eigenvalue weighted by Gasteiger charge is -2.32. The second kappa shape index (κ2) is 12.3. The number of ether oxygens (including phenoxy) is 1. The molecule has 0 bridgehead atoms. The van der Waals surface area contributed by atoms with Gasteiger partial charge in [-0.2, -0.15) is 0 Å². The third kappa shape index (κ3) is 6.39. The minimum absolute atomic E-state index is 0.0590. The summed E-state index contributed by atoms with van der Waals surface area (Å²) >= 11 is 6.21. The van der Waals surface area contributed by atoms with E-state index in [1.165, 1.54) is 25.4 Å². The van der Waals surface area contributed by atoms with Crippen LogP contribution in [0, 0.1) is 23.7 Å². The van der Waals surface area contributed by atoms with Gasteiger partial charge in [-0.3, -0.25) is 19.8 Å². The second-order valence-electron chi connectivity index (χ2n) is 9.04. The van der Waals surface area contributed by atoms with Crippen LogP contribution in [0.4, 0.5) is 11.5 Å². The van der Waals surface area contributed by atoms with Gasteiger partial charge in [-0.15, -0.1) is 6.42 Å². The maximum absolute atomic E-state index is 13.2. The summed E-state index contributed by atoms with van der Waals surface area (Å²) in [5, 5.41) is 23.3. The molecule has 2 heterocycles. The molecule has 3 aromatic rings. The Hall–Kier alpha value is -4.88. The monoisotopic (exact) mass is 559 g/mol. The van der Waals surface area contributed by atoms with Crippen molar-refractivity contribution in [3.8, 4) is 18.1 Å². The number of aromatic nitrogens is 1. The van der Waals surface area contributed by atoms with E-state index in [-0.39, 0.29) is 39.2 Å². The largest absolute Gasteiger partial charge is 0.494 e. The van der Waals surface area contributed by atoms with E-state index >= 15 is 0 Å². The van der Waals surface area contributed by atoms with Gasteiger partial charge in [0.25, 0.3) is 11.8 Å². The first-order valence-electron chi connectivity index (χ1n) is 12.3. The highest BCUT2D eigenvalue weighted by Gasteiger charge is 2.26. The molecule has 0 aliphatic carbocycles. The van der Waals surface area contributed by atoms with Crippen molar-refractivity contribution in [3.05, 3.63) is 82.0 Å². The maximum atomic E-state index is 13.2. The summed E-state index contributed by atoms with van der Waals surface area (Å²) in [6, 6.07) is 12.5. The lowest BCUT2D eigenvalue weighted by Crippen LogP contribution is -2.40. The van der Waals surface area contributed by atoms with Crippen LogP contribution in [0.1, 0.15) is 44.7 Å². The molecule has 1 fully saturated rings. The minimum atomic E-state index is -0.810. The number of pyridine rings is 1. The number of carbonyl (C=O) groups excluding carboxylic acids is 2. The van der Waals surface area contributed by atoms with E-state index in [0.717, 1.165) is 0 Å². The number of hydrogen-bond acceptors (Lipinski definition) is 6. The van der Waals surface area contributed by atoms with Gasteiger partial charge in [-0.05, 0) is 43.2 Å². The third-order valence-corrected chi connectivity index (χ3v) is 6.74. The van der Waals surface area contributed by atoms with Gasteiger partial charge in [-0.25, -0.2) is 4.98 Å². The van der Waals surface area contributed by atoms with E-state index in [4.69, 9.17) is 28.2 Å². The number of halogens is 1. The second-order valence-corrected chi connectivity index (χ2v) is 9.48. The predicted octanol–water partition coefficient (Wildman–Crippen LogP) is 4.35. The van der Waals surface area contributed by atoms with E-state index in [2.05, 4.69) is 21.5 Å². The summed E-state index contributed by atoms with van der Waals surface area (Å²) in [6.45, 7) is 0.950. The Morgan fingerprint density at radius 1 is 1.07 bits per heavy atom. The number of terminal acetylenes is 1. The zero-order chi connectivity index (χ0) is 28.8. The number of piperidine rings is 1. The molecular formula is C29H26ClN5O5. The standard InChI is InChI=1S/C29H26ClN5O5/c1-3-17-4-9-24(32-16-17)33-28(37)22-14-21(30)15-23(40-2)25(22)34-27(36)19-7-5-18(6-8-19)26(31)35-12-10-20(11-13-35)29(38)39/h1,4-9,14-16,20,31H,10-13H2,2H3,(H,34,36)(H,38,39)(H,32,33,37). The van der Waals surface area contributed by atoms with Crippen molar-refractivity contribution in [1.82, 2.24) is 9.88 Å². The van der Waals surface area contributed by atoms with Gasteiger partial charge in [0.05, 0.1) is 24.3 Å². The number of amides is 2. The van der Waals surface area contributed by atoms with Crippen molar-refractivity contribution in [3.63, 3.8) is 0 Å². The van der Waals surface area contributed by atoms with E-state index in [1.807, 2.05) is 4.90 Å². The van der Waals surface area contributed by atoms with Crippen molar-refractivity contribution >= 4 is 46.7 Å². The number of carboxylic acids is 1. The number of methoxy groups -OCH3 is 1. The number of carboxylic acid groups (broad SMARTS) is 1. The average molecular weight is 560 g/mol. The molecule has 0 saturated carbocycles. The zero-order valence-corrected chi connectivity index (χ0v) is 22.3. The average Bonchev–Trinajstić information content (AvgIpc) is 2.97. The van der Waals surface area contributed by atoms with Crippen LogP contribution >= 0.6 is 11.6 Å². The Kier molecular flexibility index (Phi) is 8.67. The molecule has 0 atom stereocenters. The third-order valence-electron chi connectivity index (χ3n) is 6.52. The number of hydrogen-bond donors (Lipinski definition) is 4. The molecule has 1 saturated heterocycles. The number of nitrogens with one attached hydrogen (secondary N) is 3. The number of nitrogens with zero attached hydrogens (tertiary/aromatic N) is 2. The molecule has 4 rings (SSSR count). The molecule has 1 aliphatic rings. The van der Waals surface area contributed by atoms with E-state index < -0.39 is 23.7 Å². The van der Waals surface area contributed by atoms with Crippen LogP contribution in [0.3, 0.4) is 0 Å². The number of aliphatic carboxylic acids is 1. The molecule has 1 aromatic heterocycles. The quantitative estimate of drug-likeness (QED) is 0.191. The van der Waals surface area contributed by atoms with Gasteiger partial charge in [0.15, 0.2) is 0 Å². The fraction of sp³-hybridized carbons (Fsp3) is 0.207. The summed E-state index contributed by atoms with van der Waals surface area (Å²) in [7, 11) is 1.39. The van der Waals surface area contributed by atoms with Gasteiger partial charge < -0.3 is 25.4 Å². The van der Waals surface area contributed by atoms with Crippen LogP contribution < -0.4 is 15.4 Å². The van der Waals surface area contributed by atoms with Gasteiger partial charge in [-0.1, -0.05) is 29.7 Å². The molecule has 1 aliphatic heterocycles. The number of amidine groups is 1. The molecule has 0 unspecified atom stereocenters. The highest BCUT2D eigenvalue weighted by molar-refractivity contribution is 6.31. The number of anilines is 2. The summed E-state index contributed by atoms with van der Waals surface area (Å²) < 4.78 is 5.39. The topological polar surface area (TPSA) is 145 Å². The molecular weight excluding hydrogens is 534 g/mol. The maximum Gasteiger partial charge on any atom is 0.306 e. The molecule has 2 aromatic carbocycles. The van der Waals surface area contributed by atoms with Crippen LogP contribution in [-0.2, 0) is 4.79 Å². The first-order chi connectivity index (χ1) is 19.2. The van der Waals surface area contributed by atoms with Crippen molar-refractivity contribution in [2.24, 2.45) is 5.92 Å². The van der Waals surface area contributed by atoms with Crippen molar-refractivity contribution < 1.29 is 24.2 Å². The Morgan fingerprint density at radius 2 is 1.75 bits per heavy atom. The fourth-order valence-corrected chi connectivity index (χ4v) is 4.49. The molecule has 40 heavy (non-hydrogen) atoms. The van der Waals surface area contributed by atoms with Gasteiger partial charge in [0, 0.05) is 47.1 Å². The van der Waals surface area contributed by atoms with E-state index in [9.17, 15) is 19.5 Å². The minimum Gasteiger partial charge on any atom is -0.494 e. The number of rotatable bonds is 7. The van der Waals surface area contributed by atoms with Crippen LogP contribution in [0.2, 0.25) is 5.02 Å². The summed E-state index contributed by atoms with van der Waals surface area (Å²) in [5.41, 5.74) is 1.62. The highest BCUT2D eigenvalue weighted by Crippen LogP contribution is 2.33. The van der Waals surface area contributed by atoms with Crippen LogP contribution in [-0.4, -0.2) is 58.8 Å². The van der Waals surface area contributed by atoms with Crippen molar-refractivity contribution in [2.45, 2.75) is 12.8 Å². The number of carbonyl (C=O) groups is 3. The van der Waals surface area contributed by atoms with Crippen molar-refractivity contribution in [2.75, 3.05) is 30.8 Å². The first-order valence-corrected chi connectivity index (χ1v) is 12.7. The zero-order valence-electron chi connectivity index (χ0n) is 21.5. The lowest BCUT2D eigenvalue weighted by molar-refractivity contribution is -0.143. The van der Waals surface area contributed by atoms with Crippen molar-refractivity contribution in [1.29, 1.82) is 5.41 Å². The molecule has 0 radical (unpaired) electrons. The lowest BCUT2D eigenvalue weighted by atomic mass is 9.96. The Morgan fingerprint density at radius 3 is 2.33 bits per heavy atom. The van der Waals surface area contributed by atoms with E-state index in [0.29, 0.717) is 37.1 Å². The summed E-state index contributed by atoms with van der Waals surface area (Å²) in [5.74, 6) is 0.865. The first kappa shape index (κ1) is 28.1. The Balaban J connectivity index is 1.50.